The molecule has 1 aromatic heterocycles. The van der Waals surface area contributed by atoms with E-state index in [1.54, 1.807) is 18.2 Å². The topological polar surface area (TPSA) is 89.3 Å². The molecule has 0 bridgehead atoms. The van der Waals surface area contributed by atoms with Crippen LogP contribution in [0.1, 0.15) is 0 Å². The number of nitrogens with one attached hydrogen (secondary N) is 1. The highest BCUT2D eigenvalue weighted by atomic mass is 79.9. The Labute approximate surface area is 145 Å². The number of thiophene rings is 1. The summed E-state index contributed by atoms with van der Waals surface area (Å²) in [5.41, 5.74) is -0.141. The fourth-order valence-corrected chi connectivity index (χ4v) is 5.60. The van der Waals surface area contributed by atoms with Gasteiger partial charge in [-0.2, -0.15) is 0 Å². The van der Waals surface area contributed by atoms with Crippen molar-refractivity contribution in [2.45, 2.75) is 4.21 Å². The third-order valence-corrected chi connectivity index (χ3v) is 6.79. The van der Waals surface area contributed by atoms with Gasteiger partial charge in [0.05, 0.1) is 10.6 Å². The SMILES string of the molecule is O=[N+]([O-])c1cc(S(=O)(=O)Nc2c(Br)cccc2Br)sc1Cl. The molecule has 2 aromatic rings. The normalized spacial score (nSPS) is 11.4. The lowest BCUT2D eigenvalue weighted by Gasteiger charge is -2.09. The maximum atomic E-state index is 12.3. The molecule has 0 saturated carbocycles. The molecule has 0 fully saturated rings. The van der Waals surface area contributed by atoms with Crippen molar-refractivity contribution in [2.75, 3.05) is 4.72 Å². The van der Waals surface area contributed by atoms with Gasteiger partial charge in [-0.05, 0) is 44.0 Å². The number of nitro groups is 1. The van der Waals surface area contributed by atoms with Gasteiger partial charge < -0.3 is 0 Å². The summed E-state index contributed by atoms with van der Waals surface area (Å²) in [4.78, 5) is 10.00. The predicted molar refractivity (Wildman–Crippen MR) is 88.6 cm³/mol. The molecular weight excluding hydrogens is 472 g/mol. The summed E-state index contributed by atoms with van der Waals surface area (Å²) in [7, 11) is -3.97. The Morgan fingerprint density at radius 2 is 1.86 bits per heavy atom. The van der Waals surface area contributed by atoms with Crippen molar-refractivity contribution in [1.82, 2.24) is 0 Å². The molecule has 21 heavy (non-hydrogen) atoms. The molecule has 1 heterocycles. The van der Waals surface area contributed by atoms with Crippen LogP contribution in [0.2, 0.25) is 4.34 Å². The van der Waals surface area contributed by atoms with Crippen LogP contribution in [0.3, 0.4) is 0 Å². The largest absolute Gasteiger partial charge is 0.300 e. The zero-order valence-electron chi connectivity index (χ0n) is 9.84. The fourth-order valence-electron chi connectivity index (χ4n) is 1.38. The minimum absolute atomic E-state index is 0.188. The zero-order chi connectivity index (χ0) is 15.8. The quantitative estimate of drug-likeness (QED) is 0.514. The molecule has 6 nitrogen and oxygen atoms in total. The Balaban J connectivity index is 2.44. The Kier molecular flexibility index (Phi) is 4.93. The van der Waals surface area contributed by atoms with E-state index in [1.807, 2.05) is 0 Å². The Hall–Kier alpha value is -0.680. The molecule has 0 atom stereocenters. The van der Waals surface area contributed by atoms with Gasteiger partial charge in [-0.25, -0.2) is 8.42 Å². The van der Waals surface area contributed by atoms with Gasteiger partial charge in [0.15, 0.2) is 4.34 Å². The first-order valence-electron chi connectivity index (χ1n) is 5.13. The van der Waals surface area contributed by atoms with E-state index >= 15 is 0 Å². The molecule has 0 radical (unpaired) electrons. The van der Waals surface area contributed by atoms with Crippen LogP contribution in [-0.2, 0) is 10.0 Å². The number of rotatable bonds is 4. The third-order valence-electron chi connectivity index (χ3n) is 2.31. The molecule has 0 amide bonds. The van der Waals surface area contributed by atoms with E-state index in [9.17, 15) is 18.5 Å². The van der Waals surface area contributed by atoms with Gasteiger partial charge in [-0.3, -0.25) is 14.8 Å². The van der Waals surface area contributed by atoms with Crippen molar-refractivity contribution in [3.63, 3.8) is 0 Å². The molecule has 0 spiro atoms. The van der Waals surface area contributed by atoms with Gasteiger partial charge in [-0.1, -0.05) is 17.7 Å². The number of anilines is 1. The number of hydrogen-bond donors (Lipinski definition) is 1. The number of hydrogen-bond acceptors (Lipinski definition) is 5. The van der Waals surface area contributed by atoms with E-state index in [0.717, 1.165) is 6.07 Å². The maximum Gasteiger partial charge on any atom is 0.300 e. The van der Waals surface area contributed by atoms with Gasteiger partial charge in [-0.15, -0.1) is 11.3 Å². The van der Waals surface area contributed by atoms with E-state index in [2.05, 4.69) is 36.6 Å². The zero-order valence-corrected chi connectivity index (χ0v) is 15.4. The van der Waals surface area contributed by atoms with Crippen LogP contribution >= 0.6 is 54.8 Å². The molecule has 1 N–H and O–H groups in total. The second-order valence-corrected chi connectivity index (χ2v) is 8.96. The van der Waals surface area contributed by atoms with Crippen molar-refractivity contribution in [2.24, 2.45) is 0 Å². The average Bonchev–Trinajstić information content (AvgIpc) is 2.77. The average molecular weight is 477 g/mol. The lowest BCUT2D eigenvalue weighted by atomic mass is 10.3. The Morgan fingerprint density at radius 1 is 1.29 bits per heavy atom. The summed E-state index contributed by atoms with van der Waals surface area (Å²) >= 11 is 12.8. The van der Waals surface area contributed by atoms with E-state index < -0.39 is 20.6 Å². The van der Waals surface area contributed by atoms with Crippen LogP contribution < -0.4 is 4.72 Å². The highest BCUT2D eigenvalue weighted by Gasteiger charge is 2.26. The lowest BCUT2D eigenvalue weighted by Crippen LogP contribution is -2.12. The first kappa shape index (κ1) is 16.7. The van der Waals surface area contributed by atoms with Crippen LogP contribution in [-0.4, -0.2) is 13.3 Å². The van der Waals surface area contributed by atoms with Gasteiger partial charge in [0.25, 0.3) is 15.7 Å². The molecule has 112 valence electrons. The second-order valence-electron chi connectivity index (χ2n) is 3.68. The molecule has 0 aliphatic heterocycles. The van der Waals surface area contributed by atoms with E-state index in [4.69, 9.17) is 11.6 Å². The molecule has 0 saturated heterocycles. The fraction of sp³-hybridized carbons (Fsp3) is 0. The second kappa shape index (κ2) is 6.21. The third kappa shape index (κ3) is 3.57. The number of para-hydroxylation sites is 1. The van der Waals surface area contributed by atoms with Crippen molar-refractivity contribution in [3.05, 3.63) is 47.7 Å². The molecule has 0 aliphatic rings. The van der Waals surface area contributed by atoms with Gasteiger partial charge in [0, 0.05) is 15.0 Å². The van der Waals surface area contributed by atoms with E-state index in [0.29, 0.717) is 26.0 Å². The molecular formula is C10H5Br2ClN2O4S2. The lowest BCUT2D eigenvalue weighted by molar-refractivity contribution is -0.384. The van der Waals surface area contributed by atoms with Crippen LogP contribution in [0.4, 0.5) is 11.4 Å². The highest BCUT2D eigenvalue weighted by molar-refractivity contribution is 9.11. The summed E-state index contributed by atoms with van der Waals surface area (Å²) in [5, 5.41) is 10.7. The van der Waals surface area contributed by atoms with Crippen molar-refractivity contribution in [1.29, 1.82) is 0 Å². The summed E-state index contributed by atoms with van der Waals surface area (Å²) < 4.78 is 27.5. The summed E-state index contributed by atoms with van der Waals surface area (Å²) in [6.45, 7) is 0. The smallest absolute Gasteiger partial charge is 0.277 e. The number of sulfonamides is 1. The number of benzene rings is 1. The monoisotopic (exact) mass is 474 g/mol. The predicted octanol–water partition coefficient (Wildman–Crippen LogP) is 4.64. The Morgan fingerprint density at radius 3 is 2.33 bits per heavy atom. The molecule has 2 rings (SSSR count). The van der Waals surface area contributed by atoms with Gasteiger partial charge in [0.1, 0.15) is 4.21 Å². The van der Waals surface area contributed by atoms with Crippen LogP contribution in [0.25, 0.3) is 0 Å². The summed E-state index contributed by atoms with van der Waals surface area (Å²) in [6.07, 6.45) is 0. The Bertz CT molecular complexity index is 802. The van der Waals surface area contributed by atoms with E-state index in [-0.39, 0.29) is 8.55 Å². The number of halogens is 3. The van der Waals surface area contributed by atoms with Gasteiger partial charge >= 0.3 is 0 Å². The van der Waals surface area contributed by atoms with Crippen molar-refractivity contribution < 1.29 is 13.3 Å². The van der Waals surface area contributed by atoms with Crippen LogP contribution in [0.15, 0.2) is 37.4 Å². The highest BCUT2D eigenvalue weighted by Crippen LogP contribution is 2.38. The molecule has 1 aromatic carbocycles. The summed E-state index contributed by atoms with van der Waals surface area (Å²) in [6, 6.07) is 5.97. The van der Waals surface area contributed by atoms with Crippen LogP contribution in [0.5, 0.6) is 0 Å². The molecule has 0 aliphatic carbocycles. The van der Waals surface area contributed by atoms with Crippen molar-refractivity contribution >= 4 is 76.2 Å². The minimum atomic E-state index is -3.97. The van der Waals surface area contributed by atoms with Crippen molar-refractivity contribution in [3.8, 4) is 0 Å². The first-order chi connectivity index (χ1) is 9.72. The summed E-state index contributed by atoms with van der Waals surface area (Å²) in [5.74, 6) is 0. The standard InChI is InChI=1S/C10H5Br2ClN2O4S2/c11-5-2-1-3-6(12)9(5)14-21(18,19)8-4-7(15(16)17)10(13)20-8/h1-4,14H. The minimum Gasteiger partial charge on any atom is -0.277 e. The van der Waals surface area contributed by atoms with Gasteiger partial charge in [0.2, 0.25) is 0 Å². The maximum absolute atomic E-state index is 12.3. The van der Waals surface area contributed by atoms with E-state index in [1.165, 1.54) is 0 Å². The molecule has 11 heteroatoms. The number of nitrogens with zero attached hydrogens (tertiary/aromatic N) is 1. The van der Waals surface area contributed by atoms with Crippen LogP contribution in [0, 0.1) is 10.1 Å². The molecule has 0 unspecified atom stereocenters. The first-order valence-corrected chi connectivity index (χ1v) is 9.39.